The lowest BCUT2D eigenvalue weighted by atomic mass is 10.0. The van der Waals surface area contributed by atoms with Gasteiger partial charge >= 0.3 is 0 Å². The van der Waals surface area contributed by atoms with Crippen molar-refractivity contribution in [1.82, 2.24) is 4.57 Å². The highest BCUT2D eigenvalue weighted by molar-refractivity contribution is 6.55. The Labute approximate surface area is 229 Å². The van der Waals surface area contributed by atoms with Crippen molar-refractivity contribution in [2.45, 2.75) is 116 Å². The fourth-order valence-corrected chi connectivity index (χ4v) is 5.80. The summed E-state index contributed by atoms with van der Waals surface area (Å²) in [5.74, 6) is 0.0592. The molecule has 0 saturated carbocycles. The summed E-state index contributed by atoms with van der Waals surface area (Å²) in [4.78, 5) is 17.8. The zero-order chi connectivity index (χ0) is 26.6. The zero-order valence-electron chi connectivity index (χ0n) is 23.4. The van der Waals surface area contributed by atoms with Crippen molar-refractivity contribution >= 4 is 28.1 Å². The molecular formula is C34H46N2O2. The van der Waals surface area contributed by atoms with Gasteiger partial charge in [-0.05, 0) is 30.7 Å². The summed E-state index contributed by atoms with van der Waals surface area (Å²) in [6, 6.07) is 15.3. The number of aromatic hydroxyl groups is 1. The van der Waals surface area contributed by atoms with E-state index in [1.807, 2.05) is 48.5 Å². The van der Waals surface area contributed by atoms with E-state index < -0.39 is 0 Å². The van der Waals surface area contributed by atoms with Crippen molar-refractivity contribution in [2.24, 2.45) is 4.99 Å². The second kappa shape index (κ2) is 14.9. The highest BCUT2D eigenvalue weighted by Crippen LogP contribution is 2.37. The number of aryl methyl sites for hydroxylation is 1. The second-order valence-corrected chi connectivity index (χ2v) is 11.0. The molecule has 1 N–H and O–H groups in total. The molecule has 0 atom stereocenters. The van der Waals surface area contributed by atoms with Crippen LogP contribution < -0.4 is 0 Å². The van der Waals surface area contributed by atoms with E-state index in [1.54, 1.807) is 0 Å². The number of ketones is 1. The molecule has 2 heterocycles. The SMILES string of the molecule is CCCCCCCCCCCCCCCCCCn1c(C2=Nc3ccccc3C2=O)c(O)c2ccccc21. The molecule has 0 spiro atoms. The van der Waals surface area contributed by atoms with Gasteiger partial charge in [-0.2, -0.15) is 0 Å². The quantitative estimate of drug-likeness (QED) is 0.172. The van der Waals surface area contributed by atoms with Gasteiger partial charge in [0, 0.05) is 17.5 Å². The van der Waals surface area contributed by atoms with E-state index in [0.717, 1.165) is 30.3 Å². The minimum absolute atomic E-state index is 0.105. The number of carbonyl (C=O) groups is 1. The maximum absolute atomic E-state index is 13.1. The van der Waals surface area contributed by atoms with Gasteiger partial charge in [0.25, 0.3) is 0 Å². The summed E-state index contributed by atoms with van der Waals surface area (Å²) in [5, 5.41) is 11.9. The van der Waals surface area contributed by atoms with E-state index in [9.17, 15) is 9.90 Å². The number of rotatable bonds is 18. The standard InChI is InChI=1S/C34H46N2O2/c1-2-3-4-5-6-7-8-9-10-11-12-13-14-15-16-21-26-36-30-25-20-18-23-28(30)34(38)32(36)31-33(37)27-22-17-19-24-29(27)35-31/h17-20,22-25,38H,2-16,21,26H2,1H3. The molecule has 0 aliphatic carbocycles. The molecular weight excluding hydrogens is 468 g/mol. The highest BCUT2D eigenvalue weighted by Gasteiger charge is 2.31. The summed E-state index contributed by atoms with van der Waals surface area (Å²) < 4.78 is 2.11. The molecule has 1 aliphatic rings. The van der Waals surface area contributed by atoms with E-state index in [4.69, 9.17) is 0 Å². The van der Waals surface area contributed by atoms with Gasteiger partial charge in [0.15, 0.2) is 5.75 Å². The molecule has 3 aromatic rings. The van der Waals surface area contributed by atoms with E-state index >= 15 is 0 Å². The van der Waals surface area contributed by atoms with E-state index in [-0.39, 0.29) is 11.5 Å². The number of nitrogens with zero attached hydrogens (tertiary/aromatic N) is 2. The van der Waals surface area contributed by atoms with Crippen LogP contribution in [0.15, 0.2) is 53.5 Å². The number of benzene rings is 2. The van der Waals surface area contributed by atoms with Crippen molar-refractivity contribution in [3.8, 4) is 5.75 Å². The van der Waals surface area contributed by atoms with Gasteiger partial charge in [0.1, 0.15) is 11.4 Å². The lowest BCUT2D eigenvalue weighted by molar-refractivity contribution is 0.106. The molecule has 0 unspecified atom stereocenters. The van der Waals surface area contributed by atoms with Gasteiger partial charge in [-0.1, -0.05) is 128 Å². The first-order chi connectivity index (χ1) is 18.7. The third-order valence-electron chi connectivity index (χ3n) is 8.00. The first-order valence-electron chi connectivity index (χ1n) is 15.3. The monoisotopic (exact) mass is 514 g/mol. The first-order valence-corrected chi connectivity index (χ1v) is 15.3. The Hall–Kier alpha value is -2.88. The predicted octanol–water partition coefficient (Wildman–Crippen LogP) is 9.93. The highest BCUT2D eigenvalue weighted by atomic mass is 16.3. The van der Waals surface area contributed by atoms with Crippen molar-refractivity contribution in [3.05, 3.63) is 59.8 Å². The molecule has 4 nitrogen and oxygen atoms in total. The maximum atomic E-state index is 13.1. The molecule has 204 valence electrons. The third-order valence-corrected chi connectivity index (χ3v) is 8.00. The Morgan fingerprint density at radius 2 is 1.21 bits per heavy atom. The van der Waals surface area contributed by atoms with Crippen molar-refractivity contribution in [3.63, 3.8) is 0 Å². The smallest absolute Gasteiger partial charge is 0.215 e. The number of fused-ring (bicyclic) bond motifs is 2. The van der Waals surface area contributed by atoms with Gasteiger partial charge in [-0.25, -0.2) is 4.99 Å². The summed E-state index contributed by atoms with van der Waals surface area (Å²) in [6.45, 7) is 3.06. The third kappa shape index (κ3) is 7.15. The topological polar surface area (TPSA) is 54.6 Å². The van der Waals surface area contributed by atoms with E-state index in [0.29, 0.717) is 22.7 Å². The maximum Gasteiger partial charge on any atom is 0.215 e. The zero-order valence-corrected chi connectivity index (χ0v) is 23.4. The largest absolute Gasteiger partial charge is 0.505 e. The van der Waals surface area contributed by atoms with Crippen LogP contribution in [0.25, 0.3) is 10.9 Å². The average molecular weight is 515 g/mol. The van der Waals surface area contributed by atoms with Crippen LogP contribution in [0, 0.1) is 0 Å². The van der Waals surface area contributed by atoms with Crippen LogP contribution in [0.3, 0.4) is 0 Å². The number of Topliss-reactive ketones (excluding diaryl/α,β-unsaturated/α-hetero) is 1. The molecule has 4 rings (SSSR count). The summed E-state index contributed by atoms with van der Waals surface area (Å²) in [6.07, 6.45) is 21.5. The number of hydrogen-bond donors (Lipinski definition) is 1. The Balaban J connectivity index is 1.19. The molecule has 0 fully saturated rings. The molecule has 2 aromatic carbocycles. The van der Waals surface area contributed by atoms with Gasteiger partial charge < -0.3 is 9.67 Å². The minimum atomic E-state index is -0.105. The first kappa shape index (κ1) is 28.1. The number of unbranched alkanes of at least 4 members (excludes halogenated alkanes) is 15. The van der Waals surface area contributed by atoms with E-state index in [2.05, 4.69) is 16.5 Å². The molecule has 1 aliphatic heterocycles. The minimum Gasteiger partial charge on any atom is -0.505 e. The van der Waals surface area contributed by atoms with Crippen LogP contribution >= 0.6 is 0 Å². The van der Waals surface area contributed by atoms with Gasteiger partial charge in [0.2, 0.25) is 5.78 Å². The molecule has 0 amide bonds. The summed E-state index contributed by atoms with van der Waals surface area (Å²) >= 11 is 0. The lowest BCUT2D eigenvalue weighted by Gasteiger charge is -2.10. The normalized spacial score (nSPS) is 12.9. The van der Waals surface area contributed by atoms with Crippen LogP contribution in [0.5, 0.6) is 5.75 Å². The number of para-hydroxylation sites is 2. The number of carbonyl (C=O) groups excluding carboxylic acids is 1. The van der Waals surface area contributed by atoms with Crippen molar-refractivity contribution < 1.29 is 9.90 Å². The van der Waals surface area contributed by atoms with Crippen LogP contribution in [-0.4, -0.2) is 21.2 Å². The van der Waals surface area contributed by atoms with Gasteiger partial charge in [-0.15, -0.1) is 0 Å². The molecule has 0 bridgehead atoms. The molecule has 38 heavy (non-hydrogen) atoms. The number of aliphatic imine (C=N–C) groups is 1. The van der Waals surface area contributed by atoms with Crippen LogP contribution in [-0.2, 0) is 6.54 Å². The Morgan fingerprint density at radius 1 is 0.684 bits per heavy atom. The average Bonchev–Trinajstić information content (AvgIpc) is 3.41. The Morgan fingerprint density at radius 3 is 1.82 bits per heavy atom. The fourth-order valence-electron chi connectivity index (χ4n) is 5.80. The predicted molar refractivity (Wildman–Crippen MR) is 160 cm³/mol. The number of aromatic nitrogens is 1. The van der Waals surface area contributed by atoms with Gasteiger partial charge in [-0.3, -0.25) is 4.79 Å². The lowest BCUT2D eigenvalue weighted by Crippen LogP contribution is -2.16. The Kier molecular flexibility index (Phi) is 11.0. The van der Waals surface area contributed by atoms with Crippen LogP contribution in [0.1, 0.15) is 126 Å². The number of hydrogen-bond acceptors (Lipinski definition) is 3. The van der Waals surface area contributed by atoms with Crippen molar-refractivity contribution in [2.75, 3.05) is 0 Å². The second-order valence-electron chi connectivity index (χ2n) is 11.0. The molecule has 4 heteroatoms. The molecule has 0 saturated heterocycles. The summed E-state index contributed by atoms with van der Waals surface area (Å²) in [7, 11) is 0. The fraction of sp³-hybridized carbons (Fsp3) is 0.529. The van der Waals surface area contributed by atoms with E-state index in [1.165, 1.54) is 89.9 Å². The van der Waals surface area contributed by atoms with Gasteiger partial charge in [0.05, 0.1) is 11.2 Å². The van der Waals surface area contributed by atoms with Crippen LogP contribution in [0.2, 0.25) is 0 Å². The molecule has 0 radical (unpaired) electrons. The van der Waals surface area contributed by atoms with Crippen molar-refractivity contribution in [1.29, 1.82) is 0 Å². The molecule has 1 aromatic heterocycles. The Bertz CT molecular complexity index is 1210. The summed E-state index contributed by atoms with van der Waals surface area (Å²) in [5.41, 5.74) is 3.18. The van der Waals surface area contributed by atoms with Crippen LogP contribution in [0.4, 0.5) is 5.69 Å².